The SMILES string of the molecule is Cn1c(C2NCCc3sccc32)nc2cnccc21. The first kappa shape index (κ1) is 11.1. The van der Waals surface area contributed by atoms with Crippen LogP contribution in [0.4, 0.5) is 0 Å². The molecule has 4 nitrogen and oxygen atoms in total. The Bertz CT molecular complexity index is 743. The van der Waals surface area contributed by atoms with Crippen LogP contribution in [0.3, 0.4) is 0 Å². The van der Waals surface area contributed by atoms with Crippen LogP contribution >= 0.6 is 11.3 Å². The van der Waals surface area contributed by atoms with Gasteiger partial charge in [0.1, 0.15) is 11.3 Å². The monoisotopic (exact) mass is 270 g/mol. The van der Waals surface area contributed by atoms with Gasteiger partial charge in [-0.3, -0.25) is 4.98 Å². The predicted molar refractivity (Wildman–Crippen MR) is 76.4 cm³/mol. The van der Waals surface area contributed by atoms with Gasteiger partial charge in [-0.05, 0) is 29.5 Å². The van der Waals surface area contributed by atoms with Gasteiger partial charge >= 0.3 is 0 Å². The molecule has 4 heterocycles. The molecule has 96 valence electrons. The molecule has 0 aromatic carbocycles. The van der Waals surface area contributed by atoms with Crippen molar-refractivity contribution in [2.24, 2.45) is 7.05 Å². The third-order valence-corrected chi connectivity index (χ3v) is 4.76. The van der Waals surface area contributed by atoms with Gasteiger partial charge in [0, 0.05) is 24.7 Å². The van der Waals surface area contributed by atoms with E-state index >= 15 is 0 Å². The highest BCUT2D eigenvalue weighted by molar-refractivity contribution is 7.10. The lowest BCUT2D eigenvalue weighted by Crippen LogP contribution is -2.31. The Kier molecular flexibility index (Phi) is 2.43. The second kappa shape index (κ2) is 4.15. The molecule has 0 radical (unpaired) electrons. The normalized spacial score (nSPS) is 18.7. The van der Waals surface area contributed by atoms with Crippen molar-refractivity contribution < 1.29 is 0 Å². The Morgan fingerprint density at radius 1 is 1.42 bits per heavy atom. The van der Waals surface area contributed by atoms with Crippen molar-refractivity contribution in [1.29, 1.82) is 0 Å². The number of fused-ring (bicyclic) bond motifs is 2. The van der Waals surface area contributed by atoms with Crippen LogP contribution in [-0.4, -0.2) is 21.1 Å². The molecule has 4 rings (SSSR count). The molecule has 1 unspecified atom stereocenters. The molecule has 0 saturated carbocycles. The van der Waals surface area contributed by atoms with Gasteiger partial charge in [-0.25, -0.2) is 4.98 Å². The van der Waals surface area contributed by atoms with Gasteiger partial charge in [0.2, 0.25) is 0 Å². The number of hydrogen-bond donors (Lipinski definition) is 1. The molecule has 0 amide bonds. The standard InChI is InChI=1S/C14H14N4S/c1-18-11-2-5-15-8-10(11)17-14(18)13-9-4-7-19-12(9)3-6-16-13/h2,4-5,7-8,13,16H,3,6H2,1H3. The number of nitrogens with one attached hydrogen (secondary N) is 1. The van der Waals surface area contributed by atoms with Crippen molar-refractivity contribution in [2.75, 3.05) is 6.54 Å². The van der Waals surface area contributed by atoms with E-state index < -0.39 is 0 Å². The van der Waals surface area contributed by atoms with E-state index in [1.54, 1.807) is 0 Å². The quantitative estimate of drug-likeness (QED) is 0.737. The van der Waals surface area contributed by atoms with Gasteiger partial charge in [0.05, 0.1) is 17.8 Å². The molecular formula is C14H14N4S. The highest BCUT2D eigenvalue weighted by Crippen LogP contribution is 2.32. The van der Waals surface area contributed by atoms with Crippen molar-refractivity contribution in [3.63, 3.8) is 0 Å². The molecule has 1 aliphatic heterocycles. The fourth-order valence-corrected chi connectivity index (χ4v) is 3.73. The maximum Gasteiger partial charge on any atom is 0.131 e. The van der Waals surface area contributed by atoms with Crippen LogP contribution in [0.2, 0.25) is 0 Å². The molecule has 1 N–H and O–H groups in total. The number of aromatic nitrogens is 3. The van der Waals surface area contributed by atoms with E-state index in [9.17, 15) is 0 Å². The Labute approximate surface area is 115 Å². The lowest BCUT2D eigenvalue weighted by molar-refractivity contribution is 0.538. The predicted octanol–water partition coefficient (Wildman–Crippen LogP) is 2.26. The van der Waals surface area contributed by atoms with E-state index in [1.807, 2.05) is 29.8 Å². The zero-order valence-corrected chi connectivity index (χ0v) is 11.4. The molecule has 1 aliphatic rings. The molecule has 3 aromatic heterocycles. The summed E-state index contributed by atoms with van der Waals surface area (Å²) in [5, 5.41) is 5.76. The van der Waals surface area contributed by atoms with Gasteiger partial charge in [-0.1, -0.05) is 0 Å². The summed E-state index contributed by atoms with van der Waals surface area (Å²) in [4.78, 5) is 10.4. The molecule has 0 spiro atoms. The van der Waals surface area contributed by atoms with Gasteiger partial charge in [0.15, 0.2) is 0 Å². The van der Waals surface area contributed by atoms with Crippen LogP contribution in [0.15, 0.2) is 29.9 Å². The molecule has 0 bridgehead atoms. The summed E-state index contributed by atoms with van der Waals surface area (Å²) in [6.45, 7) is 1.01. The minimum Gasteiger partial charge on any atom is -0.329 e. The molecule has 19 heavy (non-hydrogen) atoms. The fraction of sp³-hybridized carbons (Fsp3) is 0.286. The summed E-state index contributed by atoms with van der Waals surface area (Å²) >= 11 is 1.85. The minimum atomic E-state index is 0.201. The molecular weight excluding hydrogens is 256 g/mol. The zero-order chi connectivity index (χ0) is 12.8. The molecule has 5 heteroatoms. The first-order valence-corrected chi connectivity index (χ1v) is 7.28. The van der Waals surface area contributed by atoms with Crippen LogP contribution in [0, 0.1) is 0 Å². The first-order valence-electron chi connectivity index (χ1n) is 6.40. The van der Waals surface area contributed by atoms with Gasteiger partial charge < -0.3 is 9.88 Å². The summed E-state index contributed by atoms with van der Waals surface area (Å²) in [7, 11) is 2.08. The molecule has 3 aromatic rings. The fourth-order valence-electron chi connectivity index (χ4n) is 2.81. The van der Waals surface area contributed by atoms with Crippen LogP contribution in [0.1, 0.15) is 22.3 Å². The molecule has 0 aliphatic carbocycles. The van der Waals surface area contributed by atoms with Gasteiger partial charge in [-0.2, -0.15) is 0 Å². The number of aryl methyl sites for hydroxylation is 1. The summed E-state index contributed by atoms with van der Waals surface area (Å²) in [5.41, 5.74) is 3.47. The van der Waals surface area contributed by atoms with E-state index in [-0.39, 0.29) is 6.04 Å². The second-order valence-electron chi connectivity index (χ2n) is 4.83. The summed E-state index contributed by atoms with van der Waals surface area (Å²) in [6.07, 6.45) is 4.77. The van der Waals surface area contributed by atoms with Crippen molar-refractivity contribution in [3.8, 4) is 0 Å². The first-order chi connectivity index (χ1) is 9.34. The Morgan fingerprint density at radius 2 is 2.37 bits per heavy atom. The maximum atomic E-state index is 4.76. The Hall–Kier alpha value is -1.72. The molecule has 0 saturated heterocycles. The number of thiophene rings is 1. The van der Waals surface area contributed by atoms with Crippen LogP contribution < -0.4 is 5.32 Å². The highest BCUT2D eigenvalue weighted by Gasteiger charge is 2.26. The van der Waals surface area contributed by atoms with Crippen LogP contribution in [-0.2, 0) is 13.5 Å². The minimum absolute atomic E-state index is 0.201. The number of nitrogens with zero attached hydrogens (tertiary/aromatic N) is 3. The lowest BCUT2D eigenvalue weighted by Gasteiger charge is -2.23. The summed E-state index contributed by atoms with van der Waals surface area (Å²) in [6, 6.07) is 4.44. The van der Waals surface area contributed by atoms with Crippen molar-refractivity contribution in [2.45, 2.75) is 12.5 Å². The van der Waals surface area contributed by atoms with E-state index in [1.165, 1.54) is 10.4 Å². The zero-order valence-electron chi connectivity index (χ0n) is 10.6. The van der Waals surface area contributed by atoms with Crippen molar-refractivity contribution >= 4 is 22.4 Å². The number of hydrogen-bond acceptors (Lipinski definition) is 4. The van der Waals surface area contributed by atoms with Crippen LogP contribution in [0.5, 0.6) is 0 Å². The third-order valence-electron chi connectivity index (χ3n) is 3.77. The lowest BCUT2D eigenvalue weighted by atomic mass is 10.0. The Balaban J connectivity index is 1.90. The topological polar surface area (TPSA) is 42.7 Å². The van der Waals surface area contributed by atoms with E-state index in [0.717, 1.165) is 29.8 Å². The van der Waals surface area contributed by atoms with Gasteiger partial charge in [-0.15, -0.1) is 11.3 Å². The average Bonchev–Trinajstić information content (AvgIpc) is 3.04. The van der Waals surface area contributed by atoms with E-state index in [4.69, 9.17) is 4.98 Å². The number of imidazole rings is 1. The van der Waals surface area contributed by atoms with Gasteiger partial charge in [0.25, 0.3) is 0 Å². The molecule has 1 atom stereocenters. The second-order valence-corrected chi connectivity index (χ2v) is 5.83. The maximum absolute atomic E-state index is 4.76. The number of rotatable bonds is 1. The number of pyridine rings is 1. The Morgan fingerprint density at radius 3 is 3.26 bits per heavy atom. The molecule has 0 fully saturated rings. The smallest absolute Gasteiger partial charge is 0.131 e. The average molecular weight is 270 g/mol. The van der Waals surface area contributed by atoms with Crippen molar-refractivity contribution in [3.05, 3.63) is 46.2 Å². The van der Waals surface area contributed by atoms with Crippen LogP contribution in [0.25, 0.3) is 11.0 Å². The van der Waals surface area contributed by atoms with Crippen molar-refractivity contribution in [1.82, 2.24) is 19.9 Å². The highest BCUT2D eigenvalue weighted by atomic mass is 32.1. The summed E-state index contributed by atoms with van der Waals surface area (Å²) in [5.74, 6) is 1.07. The summed E-state index contributed by atoms with van der Waals surface area (Å²) < 4.78 is 2.17. The third kappa shape index (κ3) is 1.62. The largest absolute Gasteiger partial charge is 0.329 e. The van der Waals surface area contributed by atoms with E-state index in [0.29, 0.717) is 0 Å². The van der Waals surface area contributed by atoms with E-state index in [2.05, 4.69) is 33.4 Å².